The molecule has 0 unspecified atom stereocenters. The van der Waals surface area contributed by atoms with E-state index in [2.05, 4.69) is 26.6 Å². The molecule has 3 aliphatic rings. The lowest BCUT2D eigenvalue weighted by molar-refractivity contribution is 0.0647. The Morgan fingerprint density at radius 3 is 2.59 bits per heavy atom. The second-order valence-electron chi connectivity index (χ2n) is 8.23. The summed E-state index contributed by atoms with van der Waals surface area (Å²) in [5, 5.41) is 8.44. The van der Waals surface area contributed by atoms with E-state index < -0.39 is 0 Å². The Morgan fingerprint density at radius 2 is 1.81 bits per heavy atom. The second-order valence-corrected chi connectivity index (χ2v) is 9.22. The number of hydrogen-bond acceptors (Lipinski definition) is 5. The number of nitrogens with one attached hydrogen (secondary N) is 2. The lowest BCUT2D eigenvalue weighted by atomic mass is 9.94. The maximum Gasteiger partial charge on any atom is 0.267 e. The maximum atomic E-state index is 13.2. The van der Waals surface area contributed by atoms with E-state index in [1.807, 2.05) is 6.20 Å². The van der Waals surface area contributed by atoms with Crippen LogP contribution in [0, 0.1) is 0 Å². The zero-order chi connectivity index (χ0) is 18.2. The van der Waals surface area contributed by atoms with E-state index in [1.54, 1.807) is 11.3 Å². The van der Waals surface area contributed by atoms with Crippen molar-refractivity contribution in [3.8, 4) is 0 Å². The molecule has 2 aromatic rings. The third-order valence-corrected chi connectivity index (χ3v) is 7.54. The van der Waals surface area contributed by atoms with Crippen molar-refractivity contribution in [3.05, 3.63) is 17.1 Å². The first-order chi connectivity index (χ1) is 13.3. The summed E-state index contributed by atoms with van der Waals surface area (Å²) in [5.41, 5.74) is 2.13. The molecular weight excluding hydrogens is 356 g/mol. The highest BCUT2D eigenvalue weighted by Crippen LogP contribution is 2.43. The van der Waals surface area contributed by atoms with E-state index in [0.717, 1.165) is 39.3 Å². The molecule has 2 saturated carbocycles. The van der Waals surface area contributed by atoms with E-state index in [-0.39, 0.29) is 5.91 Å². The summed E-state index contributed by atoms with van der Waals surface area (Å²) in [6, 6.07) is 3.01. The molecule has 1 amide bonds. The molecule has 0 spiro atoms. The average molecular weight is 385 g/mol. The highest BCUT2D eigenvalue weighted by molar-refractivity contribution is 7.21. The van der Waals surface area contributed by atoms with Crippen LogP contribution < -0.4 is 10.6 Å². The largest absolute Gasteiger partial charge is 0.382 e. The van der Waals surface area contributed by atoms with Gasteiger partial charge >= 0.3 is 0 Å². The van der Waals surface area contributed by atoms with E-state index in [1.165, 1.54) is 51.4 Å². The molecule has 27 heavy (non-hydrogen) atoms. The predicted molar refractivity (Wildman–Crippen MR) is 112 cm³/mol. The van der Waals surface area contributed by atoms with Crippen molar-refractivity contribution in [2.45, 2.75) is 76.3 Å². The van der Waals surface area contributed by atoms with Crippen LogP contribution in [0.2, 0.25) is 0 Å². The van der Waals surface area contributed by atoms with Gasteiger partial charge in [-0.1, -0.05) is 38.5 Å². The number of nitrogens with zero attached hydrogens (tertiary/aromatic N) is 2. The van der Waals surface area contributed by atoms with Crippen LogP contribution in [0.15, 0.2) is 12.3 Å². The first-order valence-electron chi connectivity index (χ1n) is 10.5. The molecule has 5 rings (SSSR count). The molecule has 2 aliphatic carbocycles. The highest BCUT2D eigenvalue weighted by Gasteiger charge is 2.34. The highest BCUT2D eigenvalue weighted by atomic mass is 32.1. The number of fused-ring (bicyclic) bond motifs is 3. The summed E-state index contributed by atoms with van der Waals surface area (Å²) >= 11 is 1.55. The molecule has 6 heteroatoms. The minimum Gasteiger partial charge on any atom is -0.382 e. The smallest absolute Gasteiger partial charge is 0.267 e. The van der Waals surface area contributed by atoms with Crippen LogP contribution in [0.4, 0.5) is 11.4 Å². The number of carbonyl (C=O) groups is 1. The fraction of sp³-hybridized carbons (Fsp3) is 0.619. The van der Waals surface area contributed by atoms with Crippen molar-refractivity contribution in [3.63, 3.8) is 0 Å². The summed E-state index contributed by atoms with van der Waals surface area (Å²) in [6.45, 7) is 0.625. The minimum atomic E-state index is 0.197. The van der Waals surface area contributed by atoms with Gasteiger partial charge in [-0.25, -0.2) is 4.98 Å². The van der Waals surface area contributed by atoms with Gasteiger partial charge in [-0.15, -0.1) is 11.3 Å². The molecule has 5 nitrogen and oxygen atoms in total. The van der Waals surface area contributed by atoms with Crippen molar-refractivity contribution in [1.29, 1.82) is 0 Å². The zero-order valence-corrected chi connectivity index (χ0v) is 16.6. The summed E-state index contributed by atoms with van der Waals surface area (Å²) in [4.78, 5) is 21.7. The van der Waals surface area contributed by atoms with Crippen LogP contribution in [0.1, 0.15) is 73.9 Å². The topological polar surface area (TPSA) is 57.3 Å². The normalized spacial score (nSPS) is 21.9. The van der Waals surface area contributed by atoms with Gasteiger partial charge in [0, 0.05) is 24.0 Å². The number of anilines is 2. The third kappa shape index (κ3) is 3.18. The number of hydrogen-bond donors (Lipinski definition) is 2. The second kappa shape index (κ2) is 7.30. The standard InChI is InChI=1S/C21H28N4OS/c26-21-19-18(23-13-25(21)15-9-5-2-6-10-15)17-16(11-12-22-20(17)27-19)24-14-7-3-1-4-8-14/h11-12,14-15,23H,1-10,13H2,(H,22,24). The number of carbonyl (C=O) groups excluding carboxylic acids is 1. The number of aromatic nitrogens is 1. The van der Waals surface area contributed by atoms with Gasteiger partial charge in [-0.2, -0.15) is 0 Å². The van der Waals surface area contributed by atoms with Gasteiger partial charge in [0.25, 0.3) is 5.91 Å². The summed E-state index contributed by atoms with van der Waals surface area (Å²) in [7, 11) is 0. The molecule has 0 radical (unpaired) electrons. The van der Waals surface area contributed by atoms with E-state index in [9.17, 15) is 4.79 Å². The maximum absolute atomic E-state index is 13.2. The van der Waals surface area contributed by atoms with Gasteiger partial charge in [0.2, 0.25) is 0 Å². The molecule has 0 atom stereocenters. The zero-order valence-electron chi connectivity index (χ0n) is 15.8. The lowest BCUT2D eigenvalue weighted by Gasteiger charge is -2.37. The molecule has 2 aromatic heterocycles. The lowest BCUT2D eigenvalue weighted by Crippen LogP contribution is -2.46. The Hall–Kier alpha value is -1.82. The third-order valence-electron chi connectivity index (χ3n) is 6.45. The molecule has 0 saturated heterocycles. The molecule has 144 valence electrons. The van der Waals surface area contributed by atoms with Gasteiger partial charge in [-0.05, 0) is 31.7 Å². The van der Waals surface area contributed by atoms with Crippen LogP contribution in [0.5, 0.6) is 0 Å². The first kappa shape index (κ1) is 17.3. The van der Waals surface area contributed by atoms with Crippen LogP contribution in [0.3, 0.4) is 0 Å². The Morgan fingerprint density at radius 1 is 1.07 bits per heavy atom. The van der Waals surface area contributed by atoms with E-state index >= 15 is 0 Å². The summed E-state index contributed by atoms with van der Waals surface area (Å²) in [5.74, 6) is 0.197. The monoisotopic (exact) mass is 384 g/mol. The molecule has 0 bridgehead atoms. The summed E-state index contributed by atoms with van der Waals surface area (Å²) < 4.78 is 0. The van der Waals surface area contributed by atoms with Crippen LogP contribution in [-0.2, 0) is 0 Å². The quantitative estimate of drug-likeness (QED) is 0.764. The molecule has 2 N–H and O–H groups in total. The molecule has 2 fully saturated rings. The van der Waals surface area contributed by atoms with E-state index in [0.29, 0.717) is 18.8 Å². The van der Waals surface area contributed by atoms with Gasteiger partial charge in [0.15, 0.2) is 0 Å². The molecular formula is C21H28N4OS. The van der Waals surface area contributed by atoms with Crippen molar-refractivity contribution >= 4 is 38.8 Å². The first-order valence-corrected chi connectivity index (χ1v) is 11.4. The fourth-order valence-electron chi connectivity index (χ4n) is 4.98. The number of rotatable bonds is 3. The van der Waals surface area contributed by atoms with E-state index in [4.69, 9.17) is 0 Å². The van der Waals surface area contributed by atoms with Gasteiger partial charge in [0.05, 0.1) is 17.7 Å². The molecule has 1 aliphatic heterocycles. The Balaban J connectivity index is 1.46. The summed E-state index contributed by atoms with van der Waals surface area (Å²) in [6.07, 6.45) is 14.4. The Kier molecular flexibility index (Phi) is 4.68. The predicted octanol–water partition coefficient (Wildman–Crippen LogP) is 5.20. The SMILES string of the molecule is O=C1c2sc3nccc(NC4CCCCC4)c3c2NCN1C1CCCCC1. The molecule has 3 heterocycles. The number of thiophene rings is 1. The van der Waals surface area contributed by atoms with Crippen molar-refractivity contribution in [2.75, 3.05) is 17.3 Å². The van der Waals surface area contributed by atoms with Gasteiger partial charge < -0.3 is 15.5 Å². The minimum absolute atomic E-state index is 0.197. The van der Waals surface area contributed by atoms with Crippen molar-refractivity contribution < 1.29 is 4.79 Å². The Labute approximate surface area is 164 Å². The number of amides is 1. The number of pyridine rings is 1. The van der Waals surface area contributed by atoms with Crippen LogP contribution in [0.25, 0.3) is 10.2 Å². The fourth-order valence-corrected chi connectivity index (χ4v) is 6.09. The molecule has 0 aromatic carbocycles. The van der Waals surface area contributed by atoms with Crippen molar-refractivity contribution in [2.24, 2.45) is 0 Å². The van der Waals surface area contributed by atoms with Crippen molar-refractivity contribution in [1.82, 2.24) is 9.88 Å². The van der Waals surface area contributed by atoms with Crippen LogP contribution in [-0.4, -0.2) is 34.5 Å². The van der Waals surface area contributed by atoms with Gasteiger partial charge in [0.1, 0.15) is 9.71 Å². The van der Waals surface area contributed by atoms with Gasteiger partial charge in [-0.3, -0.25) is 4.79 Å². The Bertz CT molecular complexity index is 836. The van der Waals surface area contributed by atoms with Crippen LogP contribution >= 0.6 is 11.3 Å². The average Bonchev–Trinajstić information content (AvgIpc) is 3.10.